The van der Waals surface area contributed by atoms with Gasteiger partial charge >= 0.3 is 5.69 Å². The molecular weight excluding hydrogens is 303 g/mol. The van der Waals surface area contributed by atoms with E-state index in [0.29, 0.717) is 11.7 Å². The van der Waals surface area contributed by atoms with Crippen LogP contribution in [0.5, 0.6) is 5.75 Å². The molecule has 0 spiro atoms. The lowest BCUT2D eigenvalue weighted by Gasteiger charge is -2.08. The smallest absolute Gasteiger partial charge is 0.328 e. The minimum absolute atomic E-state index is 0.000889. The lowest BCUT2D eigenvalue weighted by molar-refractivity contribution is -0.386. The Bertz CT molecular complexity index is 700. The fourth-order valence-electron chi connectivity index (χ4n) is 2.05. The van der Waals surface area contributed by atoms with Crippen molar-refractivity contribution < 1.29 is 14.1 Å². The second kappa shape index (κ2) is 7.08. The number of anilines is 2. The van der Waals surface area contributed by atoms with Crippen LogP contribution in [0.3, 0.4) is 0 Å². The number of aromatic nitrogens is 2. The predicted molar refractivity (Wildman–Crippen MR) is 84.6 cm³/mol. The zero-order valence-corrected chi connectivity index (χ0v) is 13.2. The van der Waals surface area contributed by atoms with Crippen LogP contribution in [0, 0.1) is 21.8 Å². The highest BCUT2D eigenvalue weighted by Gasteiger charge is 2.22. The van der Waals surface area contributed by atoms with Gasteiger partial charge in [0.1, 0.15) is 11.4 Å². The Labute approximate surface area is 133 Å². The average molecular weight is 322 g/mol. The quantitative estimate of drug-likeness (QED) is 0.620. The lowest BCUT2D eigenvalue weighted by atomic mass is 10.1. The van der Waals surface area contributed by atoms with Gasteiger partial charge in [-0.3, -0.25) is 14.8 Å². The summed E-state index contributed by atoms with van der Waals surface area (Å²) in [6, 6.07) is 4.03. The van der Waals surface area contributed by atoms with Crippen LogP contribution in [0.1, 0.15) is 20.3 Å². The van der Waals surface area contributed by atoms with Crippen molar-refractivity contribution in [3.63, 3.8) is 0 Å². The number of nitro benzene ring substituents is 1. The number of ether oxygens (including phenoxy) is 1. The van der Waals surface area contributed by atoms with E-state index in [1.807, 2.05) is 0 Å². The number of nitro groups is 1. The Balaban J connectivity index is 2.25. The number of halogens is 1. The molecule has 0 amide bonds. The van der Waals surface area contributed by atoms with Gasteiger partial charge in [0, 0.05) is 30.9 Å². The van der Waals surface area contributed by atoms with Crippen molar-refractivity contribution >= 4 is 17.2 Å². The summed E-state index contributed by atoms with van der Waals surface area (Å²) in [5, 5.41) is 18.1. The highest BCUT2D eigenvalue weighted by molar-refractivity contribution is 5.70. The average Bonchev–Trinajstić information content (AvgIpc) is 2.91. The SMILES string of the molecule is COc1cc(F)c([N+](=O)[O-])c(Nc2ccn(CCC(C)C)n2)c1. The Kier molecular flexibility index (Phi) is 5.15. The summed E-state index contributed by atoms with van der Waals surface area (Å²) in [7, 11) is 1.37. The van der Waals surface area contributed by atoms with E-state index in [2.05, 4.69) is 24.3 Å². The fourth-order valence-corrected chi connectivity index (χ4v) is 2.05. The van der Waals surface area contributed by atoms with Crippen molar-refractivity contribution in [2.75, 3.05) is 12.4 Å². The normalized spacial score (nSPS) is 10.8. The maximum Gasteiger partial charge on any atom is 0.328 e. The molecule has 1 aromatic heterocycles. The lowest BCUT2D eigenvalue weighted by Crippen LogP contribution is -2.04. The van der Waals surface area contributed by atoms with Crippen molar-refractivity contribution in [1.82, 2.24) is 9.78 Å². The first-order valence-electron chi connectivity index (χ1n) is 7.23. The van der Waals surface area contributed by atoms with Gasteiger partial charge < -0.3 is 10.1 Å². The maximum absolute atomic E-state index is 13.9. The molecule has 0 radical (unpaired) electrons. The molecule has 2 aromatic rings. The zero-order valence-electron chi connectivity index (χ0n) is 13.2. The summed E-state index contributed by atoms with van der Waals surface area (Å²) in [5.41, 5.74) is -0.636. The van der Waals surface area contributed by atoms with E-state index < -0.39 is 16.4 Å². The van der Waals surface area contributed by atoms with E-state index in [1.165, 1.54) is 13.2 Å². The molecule has 0 saturated heterocycles. The van der Waals surface area contributed by atoms with Crippen molar-refractivity contribution in [3.8, 4) is 5.75 Å². The summed E-state index contributed by atoms with van der Waals surface area (Å²) in [4.78, 5) is 10.3. The molecule has 2 rings (SSSR count). The molecule has 8 heteroatoms. The fraction of sp³-hybridized carbons (Fsp3) is 0.400. The van der Waals surface area contributed by atoms with Crippen LogP contribution in [0.2, 0.25) is 0 Å². The maximum atomic E-state index is 13.9. The first kappa shape index (κ1) is 16.7. The monoisotopic (exact) mass is 322 g/mol. The molecule has 0 aliphatic carbocycles. The first-order valence-corrected chi connectivity index (χ1v) is 7.23. The molecule has 1 heterocycles. The molecule has 0 unspecified atom stereocenters. The number of rotatable bonds is 7. The zero-order chi connectivity index (χ0) is 17.0. The third-order valence-electron chi connectivity index (χ3n) is 3.29. The van der Waals surface area contributed by atoms with E-state index in [1.54, 1.807) is 16.9 Å². The number of aryl methyl sites for hydroxylation is 1. The van der Waals surface area contributed by atoms with E-state index in [-0.39, 0.29) is 11.4 Å². The van der Waals surface area contributed by atoms with Crippen molar-refractivity contribution in [2.24, 2.45) is 5.92 Å². The Hall–Kier alpha value is -2.64. The van der Waals surface area contributed by atoms with Crippen LogP contribution < -0.4 is 10.1 Å². The van der Waals surface area contributed by atoms with Crippen molar-refractivity contribution in [2.45, 2.75) is 26.8 Å². The van der Waals surface area contributed by atoms with Crippen LogP contribution in [-0.4, -0.2) is 21.8 Å². The number of benzene rings is 1. The molecule has 0 bridgehead atoms. The van der Waals surface area contributed by atoms with Gasteiger partial charge in [-0.15, -0.1) is 0 Å². The standard InChI is InChI=1S/C15H19FN4O3/c1-10(2)4-6-19-7-5-14(18-19)17-13-9-11(23-3)8-12(16)15(13)20(21)22/h5,7-10H,4,6H2,1-3H3,(H,17,18). The van der Waals surface area contributed by atoms with E-state index in [9.17, 15) is 14.5 Å². The number of nitrogens with one attached hydrogen (secondary N) is 1. The van der Waals surface area contributed by atoms with Gasteiger partial charge in [-0.2, -0.15) is 9.49 Å². The number of hydrogen-bond donors (Lipinski definition) is 1. The van der Waals surface area contributed by atoms with Gasteiger partial charge in [-0.25, -0.2) is 0 Å². The van der Waals surface area contributed by atoms with E-state index >= 15 is 0 Å². The summed E-state index contributed by atoms with van der Waals surface area (Å²) in [5.74, 6) is 0.180. The molecule has 7 nitrogen and oxygen atoms in total. The van der Waals surface area contributed by atoms with Gasteiger partial charge in [0.05, 0.1) is 12.0 Å². The summed E-state index contributed by atoms with van der Waals surface area (Å²) in [6.07, 6.45) is 2.74. The van der Waals surface area contributed by atoms with Crippen LogP contribution in [0.15, 0.2) is 24.4 Å². The van der Waals surface area contributed by atoms with Gasteiger partial charge in [0.15, 0.2) is 5.82 Å². The Morgan fingerprint density at radius 1 is 1.48 bits per heavy atom. The molecule has 0 fully saturated rings. The minimum atomic E-state index is -0.962. The van der Waals surface area contributed by atoms with Gasteiger partial charge in [0.25, 0.3) is 0 Å². The van der Waals surface area contributed by atoms with Crippen molar-refractivity contribution in [1.29, 1.82) is 0 Å². The summed E-state index contributed by atoms with van der Waals surface area (Å²) >= 11 is 0. The summed E-state index contributed by atoms with van der Waals surface area (Å²) in [6.45, 7) is 4.98. The third kappa shape index (κ3) is 4.18. The van der Waals surface area contributed by atoms with Crippen LogP contribution >= 0.6 is 0 Å². The molecule has 0 aliphatic heterocycles. The molecule has 23 heavy (non-hydrogen) atoms. The number of methoxy groups -OCH3 is 1. The second-order valence-electron chi connectivity index (χ2n) is 5.53. The van der Waals surface area contributed by atoms with Crippen LogP contribution in [0.4, 0.5) is 21.6 Å². The number of hydrogen-bond acceptors (Lipinski definition) is 5. The second-order valence-corrected chi connectivity index (χ2v) is 5.53. The molecule has 0 saturated carbocycles. The van der Waals surface area contributed by atoms with Crippen LogP contribution in [0.25, 0.3) is 0 Å². The molecule has 0 aliphatic rings. The molecular formula is C15H19FN4O3. The van der Waals surface area contributed by atoms with Crippen molar-refractivity contribution in [3.05, 3.63) is 40.3 Å². The number of nitrogens with zero attached hydrogens (tertiary/aromatic N) is 3. The Morgan fingerprint density at radius 2 is 2.22 bits per heavy atom. The molecule has 0 atom stereocenters. The molecule has 124 valence electrons. The minimum Gasteiger partial charge on any atom is -0.497 e. The third-order valence-corrected chi connectivity index (χ3v) is 3.29. The largest absolute Gasteiger partial charge is 0.497 e. The Morgan fingerprint density at radius 3 is 2.83 bits per heavy atom. The summed E-state index contributed by atoms with van der Waals surface area (Å²) < 4.78 is 20.6. The van der Waals surface area contributed by atoms with E-state index in [0.717, 1.165) is 19.0 Å². The molecule has 1 N–H and O–H groups in total. The van der Waals surface area contributed by atoms with Gasteiger partial charge in [-0.1, -0.05) is 13.8 Å². The molecule has 1 aromatic carbocycles. The highest BCUT2D eigenvalue weighted by atomic mass is 19.1. The van der Waals surface area contributed by atoms with Crippen LogP contribution in [-0.2, 0) is 6.54 Å². The topological polar surface area (TPSA) is 82.2 Å². The highest BCUT2D eigenvalue weighted by Crippen LogP contribution is 2.34. The first-order chi connectivity index (χ1) is 10.9. The predicted octanol–water partition coefficient (Wildman–Crippen LogP) is 3.73. The van der Waals surface area contributed by atoms with Gasteiger partial charge in [0.2, 0.25) is 5.82 Å². The van der Waals surface area contributed by atoms with Gasteiger partial charge in [-0.05, 0) is 12.3 Å². The van der Waals surface area contributed by atoms with E-state index in [4.69, 9.17) is 4.74 Å².